The Bertz CT molecular complexity index is 795. The number of fused-ring (bicyclic) bond motifs is 1. The molecule has 0 saturated heterocycles. The number of carbonyl (C=O) groups is 1. The molecule has 0 unspecified atom stereocenters. The molecule has 0 saturated carbocycles. The summed E-state index contributed by atoms with van der Waals surface area (Å²) >= 11 is 1.43. The van der Waals surface area contributed by atoms with E-state index >= 15 is 0 Å². The highest BCUT2D eigenvalue weighted by molar-refractivity contribution is 7.14. The fourth-order valence-corrected chi connectivity index (χ4v) is 2.83. The second-order valence-corrected chi connectivity index (χ2v) is 5.93. The first-order chi connectivity index (χ1) is 10.1. The first-order valence-corrected chi connectivity index (χ1v) is 7.64. The molecule has 106 valence electrons. The Hall–Kier alpha value is -2.27. The summed E-state index contributed by atoms with van der Waals surface area (Å²) in [6.45, 7) is 4.15. The van der Waals surface area contributed by atoms with Gasteiger partial charge in [-0.05, 0) is 18.1 Å². The number of hydrogen-bond acceptors (Lipinski definition) is 4. The zero-order chi connectivity index (χ0) is 14.8. The van der Waals surface area contributed by atoms with Gasteiger partial charge >= 0.3 is 0 Å². The number of rotatable bonds is 3. The number of aromatic nitrogens is 2. The summed E-state index contributed by atoms with van der Waals surface area (Å²) in [7, 11) is 0. The van der Waals surface area contributed by atoms with Crippen molar-refractivity contribution in [3.05, 3.63) is 53.2 Å². The van der Waals surface area contributed by atoms with Crippen molar-refractivity contribution in [1.29, 1.82) is 0 Å². The molecule has 0 bridgehead atoms. The van der Waals surface area contributed by atoms with Crippen LogP contribution < -0.4 is 5.32 Å². The van der Waals surface area contributed by atoms with Crippen molar-refractivity contribution in [2.24, 2.45) is 0 Å². The SMILES string of the molecule is CC(C)c1csc(NC(=O)c2ccc3ccccc3n2)n1. The van der Waals surface area contributed by atoms with E-state index in [-0.39, 0.29) is 5.91 Å². The third-order valence-electron chi connectivity index (χ3n) is 3.17. The number of benzene rings is 1. The van der Waals surface area contributed by atoms with Gasteiger partial charge in [-0.1, -0.05) is 38.1 Å². The van der Waals surface area contributed by atoms with Gasteiger partial charge in [0.2, 0.25) is 0 Å². The number of nitrogens with one attached hydrogen (secondary N) is 1. The third-order valence-corrected chi connectivity index (χ3v) is 3.94. The molecule has 0 spiro atoms. The largest absolute Gasteiger partial charge is 0.296 e. The lowest BCUT2D eigenvalue weighted by atomic mass is 10.2. The van der Waals surface area contributed by atoms with Crippen LogP contribution in [0.1, 0.15) is 35.9 Å². The zero-order valence-electron chi connectivity index (χ0n) is 11.8. The summed E-state index contributed by atoms with van der Waals surface area (Å²) in [5.41, 5.74) is 2.20. The van der Waals surface area contributed by atoms with E-state index in [4.69, 9.17) is 0 Å². The first-order valence-electron chi connectivity index (χ1n) is 6.76. The van der Waals surface area contributed by atoms with Crippen LogP contribution in [0.2, 0.25) is 0 Å². The van der Waals surface area contributed by atoms with Crippen LogP contribution in [0.3, 0.4) is 0 Å². The van der Waals surface area contributed by atoms with Gasteiger partial charge in [0.25, 0.3) is 5.91 Å². The molecule has 5 heteroatoms. The van der Waals surface area contributed by atoms with Gasteiger partial charge in [-0.15, -0.1) is 11.3 Å². The van der Waals surface area contributed by atoms with E-state index < -0.39 is 0 Å². The van der Waals surface area contributed by atoms with Gasteiger partial charge in [0.15, 0.2) is 5.13 Å². The summed E-state index contributed by atoms with van der Waals surface area (Å²) in [6.07, 6.45) is 0. The van der Waals surface area contributed by atoms with Crippen molar-refractivity contribution in [3.63, 3.8) is 0 Å². The molecule has 1 N–H and O–H groups in total. The number of pyridine rings is 1. The molecule has 2 heterocycles. The lowest BCUT2D eigenvalue weighted by Crippen LogP contribution is -2.13. The fourth-order valence-electron chi connectivity index (χ4n) is 1.96. The molecule has 2 aromatic heterocycles. The van der Waals surface area contributed by atoms with Gasteiger partial charge in [-0.3, -0.25) is 10.1 Å². The Kier molecular flexibility index (Phi) is 3.66. The number of nitrogens with zero attached hydrogens (tertiary/aromatic N) is 2. The van der Waals surface area contributed by atoms with E-state index in [1.165, 1.54) is 11.3 Å². The minimum atomic E-state index is -0.231. The molecule has 0 atom stereocenters. The highest BCUT2D eigenvalue weighted by Gasteiger charge is 2.12. The van der Waals surface area contributed by atoms with Gasteiger partial charge in [-0.25, -0.2) is 9.97 Å². The molecular weight excluding hydrogens is 282 g/mol. The molecule has 1 amide bonds. The highest BCUT2D eigenvalue weighted by Crippen LogP contribution is 2.22. The van der Waals surface area contributed by atoms with E-state index in [1.54, 1.807) is 6.07 Å². The minimum Gasteiger partial charge on any atom is -0.296 e. The smallest absolute Gasteiger partial charge is 0.276 e. The van der Waals surface area contributed by atoms with Crippen LogP contribution in [0.25, 0.3) is 10.9 Å². The molecule has 3 aromatic rings. The summed E-state index contributed by atoms with van der Waals surface area (Å²) in [6, 6.07) is 11.4. The Morgan fingerprint density at radius 3 is 2.71 bits per heavy atom. The van der Waals surface area contributed by atoms with Crippen molar-refractivity contribution < 1.29 is 4.79 Å². The predicted molar refractivity (Wildman–Crippen MR) is 85.9 cm³/mol. The Labute approximate surface area is 126 Å². The van der Waals surface area contributed by atoms with Crippen molar-refractivity contribution in [1.82, 2.24) is 9.97 Å². The second-order valence-electron chi connectivity index (χ2n) is 5.08. The molecule has 0 aliphatic rings. The highest BCUT2D eigenvalue weighted by atomic mass is 32.1. The number of para-hydroxylation sites is 1. The Morgan fingerprint density at radius 2 is 1.95 bits per heavy atom. The van der Waals surface area contributed by atoms with Crippen LogP contribution in [-0.2, 0) is 0 Å². The average Bonchev–Trinajstić information content (AvgIpc) is 2.95. The van der Waals surface area contributed by atoms with E-state index in [0.717, 1.165) is 16.6 Å². The zero-order valence-corrected chi connectivity index (χ0v) is 12.6. The number of hydrogen-bond donors (Lipinski definition) is 1. The summed E-state index contributed by atoms with van der Waals surface area (Å²) < 4.78 is 0. The number of thiazole rings is 1. The van der Waals surface area contributed by atoms with E-state index in [9.17, 15) is 4.79 Å². The van der Waals surface area contributed by atoms with Gasteiger partial charge < -0.3 is 0 Å². The van der Waals surface area contributed by atoms with Crippen molar-refractivity contribution in [2.45, 2.75) is 19.8 Å². The Balaban J connectivity index is 1.82. The molecular formula is C16H15N3OS. The van der Waals surface area contributed by atoms with Crippen molar-refractivity contribution >= 4 is 33.3 Å². The maximum atomic E-state index is 12.2. The van der Waals surface area contributed by atoms with Gasteiger partial charge in [0, 0.05) is 10.8 Å². The number of anilines is 1. The maximum absolute atomic E-state index is 12.2. The van der Waals surface area contributed by atoms with E-state index in [2.05, 4.69) is 29.1 Å². The molecule has 21 heavy (non-hydrogen) atoms. The van der Waals surface area contributed by atoms with Crippen LogP contribution in [0.4, 0.5) is 5.13 Å². The lowest BCUT2D eigenvalue weighted by Gasteiger charge is -2.03. The Morgan fingerprint density at radius 1 is 1.14 bits per heavy atom. The molecule has 3 rings (SSSR count). The van der Waals surface area contributed by atoms with Crippen LogP contribution in [0.15, 0.2) is 41.8 Å². The molecule has 0 aliphatic carbocycles. The number of carbonyl (C=O) groups excluding carboxylic acids is 1. The van der Waals surface area contributed by atoms with Crippen LogP contribution in [0.5, 0.6) is 0 Å². The van der Waals surface area contributed by atoms with Crippen molar-refractivity contribution in [3.8, 4) is 0 Å². The van der Waals surface area contributed by atoms with Gasteiger partial charge in [0.1, 0.15) is 5.69 Å². The monoisotopic (exact) mass is 297 g/mol. The van der Waals surface area contributed by atoms with Gasteiger partial charge in [-0.2, -0.15) is 0 Å². The normalized spacial score (nSPS) is 11.0. The van der Waals surface area contributed by atoms with Crippen LogP contribution in [-0.4, -0.2) is 15.9 Å². The molecule has 1 aromatic carbocycles. The van der Waals surface area contributed by atoms with Crippen molar-refractivity contribution in [2.75, 3.05) is 5.32 Å². The quantitative estimate of drug-likeness (QED) is 0.793. The average molecular weight is 297 g/mol. The minimum absolute atomic E-state index is 0.231. The molecule has 4 nitrogen and oxygen atoms in total. The van der Waals surface area contributed by atoms with E-state index in [0.29, 0.717) is 16.7 Å². The van der Waals surface area contributed by atoms with E-state index in [1.807, 2.05) is 35.7 Å². The third kappa shape index (κ3) is 2.92. The summed E-state index contributed by atoms with van der Waals surface area (Å²) in [5.74, 6) is 0.121. The molecule has 0 fully saturated rings. The lowest BCUT2D eigenvalue weighted by molar-refractivity contribution is 0.102. The number of amides is 1. The standard InChI is InChI=1S/C16H15N3OS/c1-10(2)14-9-21-16(18-14)19-15(20)13-8-7-11-5-3-4-6-12(11)17-13/h3-10H,1-2H3,(H,18,19,20). The second kappa shape index (κ2) is 5.61. The topological polar surface area (TPSA) is 54.9 Å². The predicted octanol–water partition coefficient (Wildman–Crippen LogP) is 4.07. The first kappa shape index (κ1) is 13.7. The molecule has 0 aliphatic heterocycles. The van der Waals surface area contributed by atoms with Crippen LogP contribution in [0, 0.1) is 0 Å². The van der Waals surface area contributed by atoms with Gasteiger partial charge in [0.05, 0.1) is 11.2 Å². The summed E-state index contributed by atoms with van der Waals surface area (Å²) in [5, 5.41) is 6.40. The van der Waals surface area contributed by atoms with Crippen LogP contribution >= 0.6 is 11.3 Å². The maximum Gasteiger partial charge on any atom is 0.276 e. The fraction of sp³-hybridized carbons (Fsp3) is 0.188. The molecule has 0 radical (unpaired) electrons. The summed E-state index contributed by atoms with van der Waals surface area (Å²) in [4.78, 5) is 21.0.